The quantitative estimate of drug-likeness (QED) is 0.692. The Labute approximate surface area is 146 Å². The Morgan fingerprint density at radius 3 is 2.76 bits per heavy atom. The van der Waals surface area contributed by atoms with Crippen LogP contribution in [0, 0.1) is 6.92 Å². The average Bonchev–Trinajstić information content (AvgIpc) is 3.05. The van der Waals surface area contributed by atoms with E-state index in [0.717, 1.165) is 16.5 Å². The normalized spacial score (nSPS) is 12.1. The molecule has 1 amide bonds. The standard InChI is InChI=1S/C20H21NO4/c1-14-6-2-4-8-17(14)24-13-20(23)21-11-10-16(22)19-12-15-7-3-5-9-18(15)25-19/h2-9,12,16,22H,10-11,13H2,1H3,(H,21,23)/t16-/m0/s1. The van der Waals surface area contributed by atoms with Crippen LogP contribution >= 0.6 is 0 Å². The third-order valence-electron chi connectivity index (χ3n) is 3.97. The summed E-state index contributed by atoms with van der Waals surface area (Å²) in [6, 6.07) is 17.0. The van der Waals surface area contributed by atoms with Crippen molar-refractivity contribution in [1.82, 2.24) is 5.32 Å². The van der Waals surface area contributed by atoms with Crippen LogP contribution in [0.5, 0.6) is 5.75 Å². The number of aliphatic hydroxyl groups is 1. The van der Waals surface area contributed by atoms with Crippen molar-refractivity contribution in [1.29, 1.82) is 0 Å². The molecule has 0 aliphatic carbocycles. The van der Waals surface area contributed by atoms with E-state index < -0.39 is 6.10 Å². The van der Waals surface area contributed by atoms with Crippen LogP contribution in [0.4, 0.5) is 0 Å². The fourth-order valence-electron chi connectivity index (χ4n) is 2.57. The lowest BCUT2D eigenvalue weighted by molar-refractivity contribution is -0.123. The van der Waals surface area contributed by atoms with Gasteiger partial charge in [0, 0.05) is 11.9 Å². The van der Waals surface area contributed by atoms with Crippen molar-refractivity contribution in [3.63, 3.8) is 0 Å². The lowest BCUT2D eigenvalue weighted by Crippen LogP contribution is -2.30. The first-order valence-corrected chi connectivity index (χ1v) is 8.25. The molecule has 0 unspecified atom stereocenters. The topological polar surface area (TPSA) is 71.7 Å². The van der Waals surface area contributed by atoms with Crippen molar-refractivity contribution in [2.75, 3.05) is 13.2 Å². The van der Waals surface area contributed by atoms with Gasteiger partial charge in [0.05, 0.1) is 0 Å². The second-order valence-electron chi connectivity index (χ2n) is 5.90. The minimum atomic E-state index is -0.759. The molecular formula is C20H21NO4. The molecule has 0 bridgehead atoms. The number of hydrogen-bond acceptors (Lipinski definition) is 4. The highest BCUT2D eigenvalue weighted by Crippen LogP contribution is 2.25. The first-order valence-electron chi connectivity index (χ1n) is 8.25. The molecule has 0 fully saturated rings. The molecule has 2 N–H and O–H groups in total. The van der Waals surface area contributed by atoms with Crippen molar-refractivity contribution >= 4 is 16.9 Å². The highest BCUT2D eigenvalue weighted by molar-refractivity contribution is 5.78. The van der Waals surface area contributed by atoms with E-state index in [9.17, 15) is 9.90 Å². The van der Waals surface area contributed by atoms with Crippen LogP contribution in [-0.2, 0) is 4.79 Å². The molecule has 1 aromatic heterocycles. The molecule has 3 aromatic rings. The summed E-state index contributed by atoms with van der Waals surface area (Å²) in [7, 11) is 0. The molecule has 0 aliphatic heterocycles. The number of benzene rings is 2. The van der Waals surface area contributed by atoms with Crippen LogP contribution in [0.3, 0.4) is 0 Å². The van der Waals surface area contributed by atoms with Crippen LogP contribution in [0.1, 0.15) is 23.8 Å². The number of rotatable bonds is 7. The van der Waals surface area contributed by atoms with Crippen LogP contribution in [0.25, 0.3) is 11.0 Å². The predicted molar refractivity (Wildman–Crippen MR) is 95.5 cm³/mol. The zero-order chi connectivity index (χ0) is 17.6. The Hall–Kier alpha value is -2.79. The van der Waals surface area contributed by atoms with Gasteiger partial charge in [-0.1, -0.05) is 36.4 Å². The smallest absolute Gasteiger partial charge is 0.257 e. The van der Waals surface area contributed by atoms with Crippen LogP contribution in [0.2, 0.25) is 0 Å². The van der Waals surface area contributed by atoms with E-state index in [1.807, 2.05) is 61.5 Å². The van der Waals surface area contributed by atoms with Gasteiger partial charge in [-0.15, -0.1) is 0 Å². The van der Waals surface area contributed by atoms with E-state index in [2.05, 4.69) is 5.32 Å². The molecule has 5 nitrogen and oxygen atoms in total. The molecule has 0 spiro atoms. The highest BCUT2D eigenvalue weighted by atomic mass is 16.5. The third-order valence-corrected chi connectivity index (χ3v) is 3.97. The molecule has 1 heterocycles. The van der Waals surface area contributed by atoms with Crippen molar-refractivity contribution in [3.05, 3.63) is 65.9 Å². The average molecular weight is 339 g/mol. The van der Waals surface area contributed by atoms with Gasteiger partial charge in [-0.25, -0.2) is 0 Å². The van der Waals surface area contributed by atoms with Gasteiger partial charge in [-0.2, -0.15) is 0 Å². The lowest BCUT2D eigenvalue weighted by atomic mass is 10.2. The number of hydrogen-bond donors (Lipinski definition) is 2. The Balaban J connectivity index is 1.44. The van der Waals surface area contributed by atoms with Gasteiger partial charge in [0.15, 0.2) is 6.61 Å². The summed E-state index contributed by atoms with van der Waals surface area (Å²) in [5.41, 5.74) is 1.72. The molecule has 5 heteroatoms. The fourth-order valence-corrected chi connectivity index (χ4v) is 2.57. The van der Waals surface area contributed by atoms with Gasteiger partial charge < -0.3 is 19.6 Å². The molecule has 0 aliphatic rings. The summed E-state index contributed by atoms with van der Waals surface area (Å²) in [5.74, 6) is 0.978. The predicted octanol–water partition coefficient (Wildman–Crippen LogP) is 3.36. The van der Waals surface area contributed by atoms with Gasteiger partial charge in [-0.05, 0) is 37.1 Å². The molecule has 2 aromatic carbocycles. The number of para-hydroxylation sites is 2. The molecule has 25 heavy (non-hydrogen) atoms. The third kappa shape index (κ3) is 4.39. The minimum Gasteiger partial charge on any atom is -0.484 e. The molecule has 0 saturated carbocycles. The number of carbonyl (C=O) groups is 1. The van der Waals surface area contributed by atoms with Gasteiger partial charge in [0.25, 0.3) is 5.91 Å². The van der Waals surface area contributed by atoms with Crippen molar-refractivity contribution < 1.29 is 19.1 Å². The first kappa shape index (κ1) is 17.0. The molecule has 3 rings (SSSR count). The number of furan rings is 1. The second kappa shape index (κ2) is 7.85. The summed E-state index contributed by atoms with van der Waals surface area (Å²) in [6.07, 6.45) is -0.388. The number of amides is 1. The monoisotopic (exact) mass is 339 g/mol. The number of fused-ring (bicyclic) bond motifs is 1. The van der Waals surface area contributed by atoms with Crippen LogP contribution in [0.15, 0.2) is 59.0 Å². The summed E-state index contributed by atoms with van der Waals surface area (Å²) in [6.45, 7) is 2.22. The number of nitrogens with one attached hydrogen (secondary N) is 1. The Morgan fingerprint density at radius 1 is 1.20 bits per heavy atom. The van der Waals surface area contributed by atoms with E-state index in [1.54, 1.807) is 0 Å². The highest BCUT2D eigenvalue weighted by Gasteiger charge is 2.13. The number of aliphatic hydroxyl groups excluding tert-OH is 1. The maximum atomic E-state index is 11.8. The number of ether oxygens (including phenoxy) is 1. The van der Waals surface area contributed by atoms with Crippen molar-refractivity contribution in [3.8, 4) is 5.75 Å². The second-order valence-corrected chi connectivity index (χ2v) is 5.90. The molecule has 130 valence electrons. The molecular weight excluding hydrogens is 318 g/mol. The van der Waals surface area contributed by atoms with Gasteiger partial charge >= 0.3 is 0 Å². The van der Waals surface area contributed by atoms with E-state index in [-0.39, 0.29) is 12.5 Å². The van der Waals surface area contributed by atoms with Crippen molar-refractivity contribution in [2.24, 2.45) is 0 Å². The SMILES string of the molecule is Cc1ccccc1OCC(=O)NCC[C@H](O)c1cc2ccccc2o1. The summed E-state index contributed by atoms with van der Waals surface area (Å²) >= 11 is 0. The maximum absolute atomic E-state index is 11.8. The van der Waals surface area contributed by atoms with E-state index in [4.69, 9.17) is 9.15 Å². The summed E-state index contributed by atoms with van der Waals surface area (Å²) in [4.78, 5) is 11.8. The lowest BCUT2D eigenvalue weighted by Gasteiger charge is -2.11. The Kier molecular flexibility index (Phi) is 5.36. The van der Waals surface area contributed by atoms with Crippen LogP contribution in [-0.4, -0.2) is 24.2 Å². The zero-order valence-corrected chi connectivity index (χ0v) is 14.1. The first-order chi connectivity index (χ1) is 12.1. The molecule has 0 radical (unpaired) electrons. The molecule has 1 atom stereocenters. The van der Waals surface area contributed by atoms with Crippen LogP contribution < -0.4 is 10.1 Å². The fraction of sp³-hybridized carbons (Fsp3) is 0.250. The van der Waals surface area contributed by atoms with E-state index >= 15 is 0 Å². The van der Waals surface area contributed by atoms with Gasteiger partial charge in [0.2, 0.25) is 0 Å². The van der Waals surface area contributed by atoms with Gasteiger partial charge in [0.1, 0.15) is 23.2 Å². The van der Waals surface area contributed by atoms with Crippen molar-refractivity contribution in [2.45, 2.75) is 19.4 Å². The summed E-state index contributed by atoms with van der Waals surface area (Å²) in [5, 5.41) is 13.9. The zero-order valence-electron chi connectivity index (χ0n) is 14.1. The number of carbonyl (C=O) groups excluding carboxylic acids is 1. The summed E-state index contributed by atoms with van der Waals surface area (Å²) < 4.78 is 11.1. The van der Waals surface area contributed by atoms with E-state index in [0.29, 0.717) is 24.5 Å². The minimum absolute atomic E-state index is 0.0500. The maximum Gasteiger partial charge on any atom is 0.257 e. The Morgan fingerprint density at radius 2 is 1.96 bits per heavy atom. The number of aryl methyl sites for hydroxylation is 1. The largest absolute Gasteiger partial charge is 0.484 e. The van der Waals surface area contributed by atoms with Gasteiger partial charge in [-0.3, -0.25) is 4.79 Å². The Bertz CT molecular complexity index is 823. The molecule has 0 saturated heterocycles. The van der Waals surface area contributed by atoms with E-state index in [1.165, 1.54) is 0 Å².